The molecule has 0 spiro atoms. The van der Waals surface area contributed by atoms with Gasteiger partial charge >= 0.3 is 7.82 Å². The number of phosphoric acid groups is 1. The molecule has 0 heterocycles. The fraction of sp³-hybridized carbons (Fsp3) is 1.00. The Hall–Kier alpha value is 0.0300. The van der Waals surface area contributed by atoms with E-state index in [0.29, 0.717) is 19.6 Å². The quantitative estimate of drug-likeness (QED) is 0.159. The van der Waals surface area contributed by atoms with Crippen LogP contribution in [0.3, 0.4) is 0 Å². The zero-order valence-electron chi connectivity index (χ0n) is 16.9. The fourth-order valence-electron chi connectivity index (χ4n) is 2.68. The van der Waals surface area contributed by atoms with Gasteiger partial charge in [0.05, 0.1) is 6.61 Å². The molecule has 0 radical (unpaired) electrons. The Kier molecular flexibility index (Phi) is 18.4. The second-order valence-electron chi connectivity index (χ2n) is 6.82. The summed E-state index contributed by atoms with van der Waals surface area (Å²) < 4.78 is 26.8. The van der Waals surface area contributed by atoms with E-state index in [0.717, 1.165) is 25.7 Å². The zero-order valence-corrected chi connectivity index (χ0v) is 17.8. The van der Waals surface area contributed by atoms with Gasteiger partial charge in [-0.1, -0.05) is 78.1 Å². The van der Waals surface area contributed by atoms with Gasteiger partial charge in [-0.15, -0.1) is 0 Å². The van der Waals surface area contributed by atoms with E-state index in [-0.39, 0.29) is 6.61 Å². The van der Waals surface area contributed by atoms with Crippen LogP contribution in [0.15, 0.2) is 0 Å². The number of unbranched alkanes of at least 4 members (excludes halogenated alkanes) is 10. The van der Waals surface area contributed by atoms with Gasteiger partial charge in [0.1, 0.15) is 0 Å². The van der Waals surface area contributed by atoms with Crippen LogP contribution in [0.5, 0.6) is 0 Å². The third-order valence-corrected chi connectivity index (χ3v) is 4.74. The molecule has 0 bridgehead atoms. The van der Waals surface area contributed by atoms with E-state index in [1.807, 2.05) is 0 Å². The summed E-state index contributed by atoms with van der Waals surface area (Å²) in [7, 11) is -4.43. The predicted molar refractivity (Wildman–Crippen MR) is 105 cm³/mol. The second-order valence-corrected chi connectivity index (χ2v) is 8.06. The topological polar surface area (TPSA) is 85.2 Å². The molecule has 0 saturated heterocycles. The van der Waals surface area contributed by atoms with Crippen molar-refractivity contribution in [1.82, 2.24) is 0 Å². The van der Waals surface area contributed by atoms with Crippen molar-refractivity contribution in [3.05, 3.63) is 0 Å². The van der Waals surface area contributed by atoms with Gasteiger partial charge in [-0.2, -0.15) is 0 Å². The van der Waals surface area contributed by atoms with E-state index in [1.165, 1.54) is 51.4 Å². The Morgan fingerprint density at radius 2 is 1.12 bits per heavy atom. The Balaban J connectivity index is 3.88. The Morgan fingerprint density at radius 3 is 1.54 bits per heavy atom. The van der Waals surface area contributed by atoms with Crippen molar-refractivity contribution in [2.45, 2.75) is 104 Å². The molecule has 0 fully saturated rings. The molecule has 158 valence electrons. The number of hydrogen-bond donors (Lipinski definition) is 2. The first-order chi connectivity index (χ1) is 12.5. The molecule has 0 unspecified atom stereocenters. The zero-order chi connectivity index (χ0) is 19.5. The molecule has 0 atom stereocenters. The van der Waals surface area contributed by atoms with E-state index in [1.54, 1.807) is 0 Å². The third-order valence-electron chi connectivity index (χ3n) is 4.22. The van der Waals surface area contributed by atoms with Crippen LogP contribution < -0.4 is 0 Å². The molecule has 0 rings (SSSR count). The molecule has 0 aromatic rings. The minimum Gasteiger partial charge on any atom is -0.353 e. The minimum atomic E-state index is -4.43. The van der Waals surface area contributed by atoms with Crippen molar-refractivity contribution in [3.63, 3.8) is 0 Å². The number of hydrogen-bond acceptors (Lipinski definition) is 4. The van der Waals surface area contributed by atoms with Crippen LogP contribution in [0.1, 0.15) is 97.3 Å². The van der Waals surface area contributed by atoms with Crippen LogP contribution >= 0.6 is 7.82 Å². The summed E-state index contributed by atoms with van der Waals surface area (Å²) in [4.78, 5) is 17.5. The van der Waals surface area contributed by atoms with Crippen molar-refractivity contribution in [3.8, 4) is 0 Å². The maximum absolute atomic E-state index is 10.8. The lowest BCUT2D eigenvalue weighted by atomic mass is 10.1. The van der Waals surface area contributed by atoms with Crippen molar-refractivity contribution in [2.75, 3.05) is 19.8 Å². The maximum atomic E-state index is 10.8. The van der Waals surface area contributed by atoms with E-state index < -0.39 is 14.1 Å². The molecule has 0 saturated carbocycles. The summed E-state index contributed by atoms with van der Waals surface area (Å²) >= 11 is 0. The highest BCUT2D eigenvalue weighted by atomic mass is 31.2. The summed E-state index contributed by atoms with van der Waals surface area (Å²) in [6.45, 7) is 5.57. The number of phosphoric ester groups is 1. The van der Waals surface area contributed by atoms with Gasteiger partial charge in [0, 0.05) is 19.6 Å². The van der Waals surface area contributed by atoms with Crippen LogP contribution in [0.2, 0.25) is 0 Å². The van der Waals surface area contributed by atoms with Crippen molar-refractivity contribution in [1.29, 1.82) is 0 Å². The molecule has 7 heteroatoms. The van der Waals surface area contributed by atoms with Crippen LogP contribution in [-0.2, 0) is 18.6 Å². The van der Waals surface area contributed by atoms with Crippen molar-refractivity contribution >= 4 is 7.82 Å². The van der Waals surface area contributed by atoms with E-state index in [2.05, 4.69) is 18.4 Å². The van der Waals surface area contributed by atoms with Gasteiger partial charge in [0.2, 0.25) is 0 Å². The van der Waals surface area contributed by atoms with Crippen molar-refractivity contribution < 1.29 is 28.3 Å². The predicted octanol–water partition coefficient (Wildman–Crippen LogP) is 5.57. The van der Waals surface area contributed by atoms with Gasteiger partial charge in [-0.3, -0.25) is 4.52 Å². The highest BCUT2D eigenvalue weighted by molar-refractivity contribution is 7.46. The highest BCUT2D eigenvalue weighted by Crippen LogP contribution is 2.35. The number of rotatable bonds is 20. The van der Waals surface area contributed by atoms with E-state index in [9.17, 15) is 4.57 Å². The molecule has 0 aliphatic heterocycles. The van der Waals surface area contributed by atoms with Crippen LogP contribution in [0, 0.1) is 0 Å². The van der Waals surface area contributed by atoms with Gasteiger partial charge < -0.3 is 19.3 Å². The molecule has 0 aliphatic carbocycles. The fourth-order valence-corrected chi connectivity index (χ4v) is 3.02. The van der Waals surface area contributed by atoms with E-state index in [4.69, 9.17) is 19.3 Å². The monoisotopic (exact) mass is 396 g/mol. The molecular formula is C19H41O6P. The first-order valence-electron chi connectivity index (χ1n) is 10.4. The molecule has 0 amide bonds. The molecule has 0 aliphatic rings. The SMILES string of the molecule is CCCCCCCCOC(CCOP(=O)(O)O)OCCCCCCCC. The lowest BCUT2D eigenvalue weighted by molar-refractivity contribution is -0.150. The standard InChI is InChI=1S/C19H41O6P/c1-3-5-7-9-11-13-16-23-19(15-18-25-26(20,21)22)24-17-14-12-10-8-6-4-2/h19H,3-18H2,1-2H3,(H2,20,21,22). The Morgan fingerprint density at radius 1 is 0.692 bits per heavy atom. The first kappa shape index (κ1) is 26.0. The normalized spacial score (nSPS) is 12.2. The first-order valence-corrected chi connectivity index (χ1v) is 12.0. The second kappa shape index (κ2) is 18.4. The summed E-state index contributed by atoms with van der Waals surface area (Å²) in [6, 6.07) is 0. The molecule has 0 aromatic heterocycles. The average molecular weight is 397 g/mol. The smallest absolute Gasteiger partial charge is 0.353 e. The lowest BCUT2D eigenvalue weighted by Gasteiger charge is -2.19. The Labute approximate surface area is 160 Å². The van der Waals surface area contributed by atoms with Gasteiger partial charge in [0.25, 0.3) is 0 Å². The van der Waals surface area contributed by atoms with Crippen molar-refractivity contribution in [2.24, 2.45) is 0 Å². The molecule has 2 N–H and O–H groups in total. The summed E-state index contributed by atoms with van der Waals surface area (Å²) in [5, 5.41) is 0. The van der Waals surface area contributed by atoms with Gasteiger partial charge in [-0.25, -0.2) is 4.57 Å². The summed E-state index contributed by atoms with van der Waals surface area (Å²) in [5.41, 5.74) is 0. The molecule has 0 aromatic carbocycles. The largest absolute Gasteiger partial charge is 0.469 e. The highest BCUT2D eigenvalue weighted by Gasteiger charge is 2.16. The minimum absolute atomic E-state index is 0.0675. The van der Waals surface area contributed by atoms with Gasteiger partial charge in [0.15, 0.2) is 6.29 Å². The van der Waals surface area contributed by atoms with Crippen LogP contribution in [0.25, 0.3) is 0 Å². The third kappa shape index (κ3) is 20.3. The molecule has 6 nitrogen and oxygen atoms in total. The van der Waals surface area contributed by atoms with Crippen LogP contribution in [-0.4, -0.2) is 35.9 Å². The maximum Gasteiger partial charge on any atom is 0.469 e. The average Bonchev–Trinajstić information content (AvgIpc) is 2.58. The number of ether oxygens (including phenoxy) is 2. The molecular weight excluding hydrogens is 355 g/mol. The van der Waals surface area contributed by atoms with Crippen LogP contribution in [0.4, 0.5) is 0 Å². The summed E-state index contributed by atoms with van der Waals surface area (Å²) in [5.74, 6) is 0. The Bertz CT molecular complexity index is 316. The van der Waals surface area contributed by atoms with Gasteiger partial charge in [-0.05, 0) is 12.8 Å². The van der Waals surface area contributed by atoms with E-state index >= 15 is 0 Å². The summed E-state index contributed by atoms with van der Waals surface area (Å²) in [6.07, 6.45) is 14.2. The lowest BCUT2D eigenvalue weighted by Crippen LogP contribution is -2.20. The molecule has 26 heavy (non-hydrogen) atoms.